The molecule has 0 aliphatic rings. The van der Waals surface area contributed by atoms with Crippen LogP contribution >= 0.6 is 11.6 Å². The van der Waals surface area contributed by atoms with Crippen molar-refractivity contribution in [3.05, 3.63) is 34.1 Å². The highest BCUT2D eigenvalue weighted by Gasteiger charge is 2.15. The van der Waals surface area contributed by atoms with Gasteiger partial charge in [0.2, 0.25) is 0 Å². The molecule has 0 bridgehead atoms. The summed E-state index contributed by atoms with van der Waals surface area (Å²) in [6, 6.07) is 2.84. The van der Waals surface area contributed by atoms with Gasteiger partial charge in [0, 0.05) is 0 Å². The summed E-state index contributed by atoms with van der Waals surface area (Å²) in [5.41, 5.74) is 0.583. The van der Waals surface area contributed by atoms with Crippen LogP contribution in [0.4, 0.5) is 4.39 Å². The molecular weight excluding hydrogens is 195 g/mol. The molecule has 0 spiro atoms. The lowest BCUT2D eigenvalue weighted by atomic mass is 10.1. The second kappa shape index (κ2) is 3.75. The molecule has 13 heavy (non-hydrogen) atoms. The van der Waals surface area contributed by atoms with Gasteiger partial charge in [-0.1, -0.05) is 11.6 Å². The van der Waals surface area contributed by atoms with Crippen LogP contribution in [0.3, 0.4) is 0 Å². The number of carbonyl (C=O) groups is 1. The lowest BCUT2D eigenvalue weighted by molar-refractivity contribution is 0.0595. The van der Waals surface area contributed by atoms with Crippen molar-refractivity contribution in [3.8, 4) is 0 Å². The number of rotatable bonds is 1. The first-order valence-electron chi connectivity index (χ1n) is 3.60. The van der Waals surface area contributed by atoms with Crippen LogP contribution in [0.15, 0.2) is 12.1 Å². The normalized spacial score (nSPS) is 9.85. The minimum Gasteiger partial charge on any atom is -0.465 e. The van der Waals surface area contributed by atoms with Gasteiger partial charge in [-0.3, -0.25) is 0 Å². The lowest BCUT2D eigenvalue weighted by Gasteiger charge is -2.03. The molecule has 0 N–H and O–H groups in total. The first-order valence-corrected chi connectivity index (χ1v) is 3.98. The Morgan fingerprint density at radius 1 is 1.54 bits per heavy atom. The van der Waals surface area contributed by atoms with Crippen molar-refractivity contribution in [2.75, 3.05) is 7.11 Å². The predicted molar refractivity (Wildman–Crippen MR) is 47.5 cm³/mol. The van der Waals surface area contributed by atoms with Crippen molar-refractivity contribution < 1.29 is 13.9 Å². The average Bonchev–Trinajstić information content (AvgIpc) is 2.10. The van der Waals surface area contributed by atoms with Gasteiger partial charge in [-0.05, 0) is 24.6 Å². The van der Waals surface area contributed by atoms with E-state index in [4.69, 9.17) is 11.6 Å². The van der Waals surface area contributed by atoms with Crippen LogP contribution < -0.4 is 0 Å². The van der Waals surface area contributed by atoms with Crippen LogP contribution in [0.1, 0.15) is 15.9 Å². The number of ether oxygens (including phenoxy) is 1. The Morgan fingerprint density at radius 2 is 2.15 bits per heavy atom. The van der Waals surface area contributed by atoms with Gasteiger partial charge in [-0.15, -0.1) is 0 Å². The van der Waals surface area contributed by atoms with Crippen molar-refractivity contribution in [2.45, 2.75) is 6.92 Å². The van der Waals surface area contributed by atoms with Gasteiger partial charge in [0.15, 0.2) is 5.82 Å². The molecular formula is C9H8ClFO2. The number of benzene rings is 1. The number of hydrogen-bond acceptors (Lipinski definition) is 2. The van der Waals surface area contributed by atoms with Gasteiger partial charge in [0.05, 0.1) is 17.7 Å². The Morgan fingerprint density at radius 3 is 2.69 bits per heavy atom. The molecule has 0 fully saturated rings. The second-order valence-electron chi connectivity index (χ2n) is 2.60. The summed E-state index contributed by atoms with van der Waals surface area (Å²) in [4.78, 5) is 11.0. The third kappa shape index (κ3) is 1.98. The average molecular weight is 203 g/mol. The SMILES string of the molecule is COC(=O)c1cc(C)cc(Cl)c1F. The van der Waals surface area contributed by atoms with Crippen LogP contribution in [0.25, 0.3) is 0 Å². The molecule has 0 saturated carbocycles. The zero-order valence-corrected chi connectivity index (χ0v) is 7.98. The molecule has 1 aromatic carbocycles. The quantitative estimate of drug-likeness (QED) is 0.655. The fourth-order valence-electron chi connectivity index (χ4n) is 0.983. The summed E-state index contributed by atoms with van der Waals surface area (Å²) >= 11 is 5.54. The van der Waals surface area contributed by atoms with Gasteiger partial charge in [-0.25, -0.2) is 9.18 Å². The fraction of sp³-hybridized carbons (Fsp3) is 0.222. The fourth-order valence-corrected chi connectivity index (χ4v) is 1.26. The summed E-state index contributed by atoms with van der Waals surface area (Å²) in [7, 11) is 1.19. The van der Waals surface area contributed by atoms with E-state index in [1.807, 2.05) is 0 Å². The largest absolute Gasteiger partial charge is 0.465 e. The van der Waals surface area contributed by atoms with Crippen LogP contribution in [-0.4, -0.2) is 13.1 Å². The third-order valence-corrected chi connectivity index (χ3v) is 1.85. The van der Waals surface area contributed by atoms with Crippen molar-refractivity contribution >= 4 is 17.6 Å². The van der Waals surface area contributed by atoms with E-state index < -0.39 is 11.8 Å². The zero-order valence-electron chi connectivity index (χ0n) is 7.23. The Kier molecular flexibility index (Phi) is 2.88. The molecule has 1 aromatic rings. The Labute approximate surface area is 80.3 Å². The van der Waals surface area contributed by atoms with Crippen molar-refractivity contribution in [1.82, 2.24) is 0 Å². The molecule has 0 aliphatic carbocycles. The summed E-state index contributed by atoms with van der Waals surface area (Å²) in [6.45, 7) is 1.72. The molecule has 4 heteroatoms. The molecule has 0 atom stereocenters. The summed E-state index contributed by atoms with van der Waals surface area (Å²) in [5, 5.41) is -0.0691. The summed E-state index contributed by atoms with van der Waals surface area (Å²) in [6.07, 6.45) is 0. The van der Waals surface area contributed by atoms with E-state index in [0.717, 1.165) is 0 Å². The topological polar surface area (TPSA) is 26.3 Å². The highest BCUT2D eigenvalue weighted by molar-refractivity contribution is 6.31. The van der Waals surface area contributed by atoms with Gasteiger partial charge in [-0.2, -0.15) is 0 Å². The summed E-state index contributed by atoms with van der Waals surface area (Å²) in [5.74, 6) is -1.46. The van der Waals surface area contributed by atoms with Crippen molar-refractivity contribution in [1.29, 1.82) is 0 Å². The highest BCUT2D eigenvalue weighted by atomic mass is 35.5. The maximum absolute atomic E-state index is 13.2. The van der Waals surface area contributed by atoms with Gasteiger partial charge in [0.1, 0.15) is 0 Å². The first kappa shape index (κ1) is 9.99. The van der Waals surface area contributed by atoms with E-state index in [1.54, 1.807) is 6.92 Å². The van der Waals surface area contributed by atoms with E-state index in [1.165, 1.54) is 19.2 Å². The van der Waals surface area contributed by atoms with E-state index >= 15 is 0 Å². The molecule has 2 nitrogen and oxygen atoms in total. The second-order valence-corrected chi connectivity index (χ2v) is 3.01. The van der Waals surface area contributed by atoms with Crippen LogP contribution in [-0.2, 0) is 4.74 Å². The molecule has 0 radical (unpaired) electrons. The molecule has 0 aliphatic heterocycles. The Bertz CT molecular complexity index is 350. The van der Waals surface area contributed by atoms with Crippen LogP contribution in [0.5, 0.6) is 0 Å². The number of esters is 1. The predicted octanol–water partition coefficient (Wildman–Crippen LogP) is 2.57. The molecule has 0 saturated heterocycles. The van der Waals surface area contributed by atoms with E-state index in [2.05, 4.69) is 4.74 Å². The molecule has 0 heterocycles. The molecule has 0 amide bonds. The standard InChI is InChI=1S/C9H8ClFO2/c1-5-3-6(9(12)13-2)8(11)7(10)4-5/h3-4H,1-2H3. The van der Waals surface area contributed by atoms with Gasteiger partial charge < -0.3 is 4.74 Å². The van der Waals surface area contributed by atoms with Crippen molar-refractivity contribution in [3.63, 3.8) is 0 Å². The number of carbonyl (C=O) groups excluding carboxylic acids is 1. The monoisotopic (exact) mass is 202 g/mol. The zero-order chi connectivity index (χ0) is 10.0. The summed E-state index contributed by atoms with van der Waals surface area (Å²) < 4.78 is 17.6. The van der Waals surface area contributed by atoms with Crippen LogP contribution in [0, 0.1) is 12.7 Å². The third-order valence-electron chi connectivity index (χ3n) is 1.58. The maximum Gasteiger partial charge on any atom is 0.340 e. The van der Waals surface area contributed by atoms with E-state index in [0.29, 0.717) is 5.56 Å². The number of aryl methyl sites for hydroxylation is 1. The first-order chi connectivity index (χ1) is 6.06. The minimum absolute atomic E-state index is 0.0691. The van der Waals surface area contributed by atoms with Gasteiger partial charge >= 0.3 is 5.97 Å². The number of methoxy groups -OCH3 is 1. The highest BCUT2D eigenvalue weighted by Crippen LogP contribution is 2.20. The van der Waals surface area contributed by atoms with E-state index in [-0.39, 0.29) is 10.6 Å². The minimum atomic E-state index is -0.737. The Balaban J connectivity index is 3.28. The molecule has 1 rings (SSSR count). The number of halogens is 2. The maximum atomic E-state index is 13.2. The van der Waals surface area contributed by atoms with E-state index in [9.17, 15) is 9.18 Å². The van der Waals surface area contributed by atoms with Crippen LogP contribution in [0.2, 0.25) is 5.02 Å². The number of hydrogen-bond donors (Lipinski definition) is 0. The van der Waals surface area contributed by atoms with Gasteiger partial charge in [0.25, 0.3) is 0 Å². The molecule has 0 unspecified atom stereocenters. The Hall–Kier alpha value is -1.09. The molecule has 0 aromatic heterocycles. The molecule has 70 valence electrons. The van der Waals surface area contributed by atoms with Crippen molar-refractivity contribution in [2.24, 2.45) is 0 Å². The smallest absolute Gasteiger partial charge is 0.340 e. The lowest BCUT2D eigenvalue weighted by Crippen LogP contribution is -2.05.